The van der Waals surface area contributed by atoms with E-state index in [1.807, 2.05) is 0 Å². The Hall–Kier alpha value is -1.60. The number of benzene rings is 1. The molecule has 1 aliphatic heterocycles. The van der Waals surface area contributed by atoms with Gasteiger partial charge >= 0.3 is 5.97 Å². The Morgan fingerprint density at radius 3 is 2.67 bits per heavy atom. The predicted molar refractivity (Wildman–Crippen MR) is 75.6 cm³/mol. The number of carbonyl (C=O) groups excluding carboxylic acids is 1. The summed E-state index contributed by atoms with van der Waals surface area (Å²) < 4.78 is 17.9. The van der Waals surface area contributed by atoms with Crippen LogP contribution < -0.4 is 0 Å². The number of halogens is 1. The highest BCUT2D eigenvalue weighted by atomic mass is 32.2. The molecule has 1 aromatic rings. The van der Waals surface area contributed by atoms with E-state index in [-0.39, 0.29) is 30.7 Å². The van der Waals surface area contributed by atoms with Gasteiger partial charge in [-0.15, -0.1) is 11.8 Å². The van der Waals surface area contributed by atoms with E-state index >= 15 is 0 Å². The van der Waals surface area contributed by atoms with Crippen molar-refractivity contribution in [2.24, 2.45) is 5.92 Å². The van der Waals surface area contributed by atoms with Crippen molar-refractivity contribution in [3.05, 3.63) is 30.1 Å². The third-order valence-electron chi connectivity index (χ3n) is 3.43. The highest BCUT2D eigenvalue weighted by Gasteiger charge is 2.38. The molecule has 114 valence electrons. The van der Waals surface area contributed by atoms with Crippen molar-refractivity contribution in [3.63, 3.8) is 0 Å². The Morgan fingerprint density at radius 2 is 2.05 bits per heavy atom. The first-order chi connectivity index (χ1) is 9.99. The maximum Gasteiger partial charge on any atom is 0.311 e. The molecule has 1 heterocycles. The van der Waals surface area contributed by atoms with Crippen LogP contribution >= 0.6 is 11.8 Å². The summed E-state index contributed by atoms with van der Waals surface area (Å²) in [6, 6.07) is 5.44. The molecule has 0 bridgehead atoms. The third kappa shape index (κ3) is 3.95. The Kier molecular flexibility index (Phi) is 5.19. The molecule has 1 amide bonds. The largest absolute Gasteiger partial charge is 0.481 e. The van der Waals surface area contributed by atoms with Crippen LogP contribution in [0.25, 0.3) is 0 Å². The first-order valence-electron chi connectivity index (χ1n) is 6.43. The van der Waals surface area contributed by atoms with Crippen molar-refractivity contribution in [3.8, 4) is 0 Å². The summed E-state index contributed by atoms with van der Waals surface area (Å²) in [6.07, 6.45) is 0. The lowest BCUT2D eigenvalue weighted by molar-refractivity contribution is -0.144. The third-order valence-corrected chi connectivity index (χ3v) is 4.43. The summed E-state index contributed by atoms with van der Waals surface area (Å²) in [5.74, 6) is -1.97. The molecule has 2 unspecified atom stereocenters. The molecule has 0 spiro atoms. The number of rotatable bonds is 5. The number of carbonyl (C=O) groups is 2. The minimum atomic E-state index is -0.955. The highest BCUT2D eigenvalue weighted by Crippen LogP contribution is 2.22. The monoisotopic (exact) mass is 313 g/mol. The molecule has 1 aromatic carbocycles. The van der Waals surface area contributed by atoms with Crippen LogP contribution in [0.15, 0.2) is 29.2 Å². The van der Waals surface area contributed by atoms with Gasteiger partial charge in [0.2, 0.25) is 5.91 Å². The second-order valence-electron chi connectivity index (χ2n) is 4.80. The average molecular weight is 313 g/mol. The molecule has 0 radical (unpaired) electrons. The van der Waals surface area contributed by atoms with E-state index in [1.165, 1.54) is 28.8 Å². The van der Waals surface area contributed by atoms with Gasteiger partial charge in [-0.2, -0.15) is 0 Å². The van der Waals surface area contributed by atoms with Gasteiger partial charge in [0, 0.05) is 11.9 Å². The Morgan fingerprint density at radius 1 is 1.38 bits per heavy atom. The lowest BCUT2D eigenvalue weighted by Gasteiger charge is -2.26. The fourth-order valence-electron chi connectivity index (χ4n) is 2.12. The van der Waals surface area contributed by atoms with Crippen molar-refractivity contribution >= 4 is 23.6 Å². The number of hydrogen-bond donors (Lipinski definition) is 1. The molecule has 2 atom stereocenters. The van der Waals surface area contributed by atoms with Crippen LogP contribution in [0.1, 0.15) is 0 Å². The standard InChI is InChI=1S/C14H16FNO4S/c1-16(12-7-20-6-11(12)14(18)19)13(17)8-21-10-4-2-9(15)3-5-10/h2-5,11-12H,6-8H2,1H3,(H,18,19). The molecular weight excluding hydrogens is 297 g/mol. The number of aliphatic carboxylic acids is 1. The molecule has 0 aromatic heterocycles. The van der Waals surface area contributed by atoms with Crippen molar-refractivity contribution in [2.75, 3.05) is 26.0 Å². The van der Waals surface area contributed by atoms with Crippen LogP contribution in [0.2, 0.25) is 0 Å². The SMILES string of the molecule is CN(C(=O)CSc1ccc(F)cc1)C1COCC1C(=O)O. The molecular formula is C14H16FNO4S. The first kappa shape index (κ1) is 15.8. The highest BCUT2D eigenvalue weighted by molar-refractivity contribution is 8.00. The zero-order valence-electron chi connectivity index (χ0n) is 11.5. The zero-order chi connectivity index (χ0) is 15.4. The van der Waals surface area contributed by atoms with E-state index in [1.54, 1.807) is 19.2 Å². The molecule has 1 aliphatic rings. The molecule has 1 saturated heterocycles. The maximum atomic E-state index is 12.8. The van der Waals surface area contributed by atoms with E-state index in [2.05, 4.69) is 0 Å². The Balaban J connectivity index is 1.90. The molecule has 0 aliphatic carbocycles. The van der Waals surface area contributed by atoms with Crippen molar-refractivity contribution in [1.82, 2.24) is 4.90 Å². The number of carboxylic acid groups (broad SMARTS) is 1. The van der Waals surface area contributed by atoms with Crippen LogP contribution in [0.3, 0.4) is 0 Å². The number of likely N-dealkylation sites (N-methyl/N-ethyl adjacent to an activating group) is 1. The first-order valence-corrected chi connectivity index (χ1v) is 7.42. The quantitative estimate of drug-likeness (QED) is 0.834. The summed E-state index contributed by atoms with van der Waals surface area (Å²) in [5.41, 5.74) is 0. The Labute approximate surface area is 126 Å². The fraction of sp³-hybridized carbons (Fsp3) is 0.429. The summed E-state index contributed by atoms with van der Waals surface area (Å²) in [5, 5.41) is 9.09. The van der Waals surface area contributed by atoms with Gasteiger partial charge < -0.3 is 14.7 Å². The summed E-state index contributed by atoms with van der Waals surface area (Å²) >= 11 is 1.29. The van der Waals surface area contributed by atoms with Gasteiger partial charge in [-0.3, -0.25) is 9.59 Å². The lowest BCUT2D eigenvalue weighted by Crippen LogP contribution is -2.44. The van der Waals surface area contributed by atoms with E-state index in [0.717, 1.165) is 4.90 Å². The van der Waals surface area contributed by atoms with Crippen LogP contribution in [0, 0.1) is 11.7 Å². The number of nitrogens with zero attached hydrogens (tertiary/aromatic N) is 1. The van der Waals surface area contributed by atoms with E-state index in [0.29, 0.717) is 0 Å². The van der Waals surface area contributed by atoms with E-state index < -0.39 is 17.9 Å². The van der Waals surface area contributed by atoms with Crippen LogP contribution in [-0.2, 0) is 14.3 Å². The maximum absolute atomic E-state index is 12.8. The predicted octanol–water partition coefficient (Wildman–Crippen LogP) is 1.48. The number of carboxylic acids is 1. The van der Waals surface area contributed by atoms with Gasteiger partial charge in [-0.25, -0.2) is 4.39 Å². The van der Waals surface area contributed by atoms with Crippen molar-refractivity contribution in [2.45, 2.75) is 10.9 Å². The van der Waals surface area contributed by atoms with E-state index in [9.17, 15) is 14.0 Å². The molecule has 5 nitrogen and oxygen atoms in total. The molecule has 2 rings (SSSR count). The van der Waals surface area contributed by atoms with Crippen LogP contribution in [-0.4, -0.2) is 53.9 Å². The van der Waals surface area contributed by atoms with Crippen LogP contribution in [0.5, 0.6) is 0 Å². The second kappa shape index (κ2) is 6.91. The molecule has 7 heteroatoms. The average Bonchev–Trinajstić information content (AvgIpc) is 2.95. The van der Waals surface area contributed by atoms with E-state index in [4.69, 9.17) is 9.84 Å². The number of hydrogen-bond acceptors (Lipinski definition) is 4. The number of amides is 1. The lowest BCUT2D eigenvalue weighted by atomic mass is 10.0. The molecule has 1 fully saturated rings. The summed E-state index contributed by atoms with van der Waals surface area (Å²) in [4.78, 5) is 25.4. The smallest absolute Gasteiger partial charge is 0.311 e. The second-order valence-corrected chi connectivity index (χ2v) is 5.85. The summed E-state index contributed by atoms with van der Waals surface area (Å²) in [6.45, 7) is 0.364. The molecule has 21 heavy (non-hydrogen) atoms. The zero-order valence-corrected chi connectivity index (χ0v) is 12.3. The Bertz CT molecular complexity index is 522. The topological polar surface area (TPSA) is 66.8 Å². The van der Waals surface area contributed by atoms with Gasteiger partial charge in [0.1, 0.15) is 11.7 Å². The molecule has 1 N–H and O–H groups in total. The van der Waals surface area contributed by atoms with Gasteiger partial charge in [0.15, 0.2) is 0 Å². The molecule has 0 saturated carbocycles. The fourth-order valence-corrected chi connectivity index (χ4v) is 2.95. The van der Waals surface area contributed by atoms with Gasteiger partial charge in [-0.05, 0) is 24.3 Å². The van der Waals surface area contributed by atoms with Crippen LogP contribution in [0.4, 0.5) is 4.39 Å². The number of thioether (sulfide) groups is 1. The van der Waals surface area contributed by atoms with Crippen molar-refractivity contribution in [1.29, 1.82) is 0 Å². The number of ether oxygens (including phenoxy) is 1. The van der Waals surface area contributed by atoms with Gasteiger partial charge in [0.25, 0.3) is 0 Å². The summed E-state index contributed by atoms with van der Waals surface area (Å²) in [7, 11) is 1.59. The minimum Gasteiger partial charge on any atom is -0.481 e. The normalized spacial score (nSPS) is 21.2. The minimum absolute atomic E-state index is 0.128. The van der Waals surface area contributed by atoms with Gasteiger partial charge in [-0.1, -0.05) is 0 Å². The van der Waals surface area contributed by atoms with Crippen molar-refractivity contribution < 1.29 is 23.8 Å². The van der Waals surface area contributed by atoms with Gasteiger partial charge in [0.05, 0.1) is 25.0 Å².